The van der Waals surface area contributed by atoms with Crippen LogP contribution in [0.1, 0.15) is 33.2 Å². The normalized spacial score (nSPS) is 10.4. The average Bonchev–Trinajstić information content (AvgIpc) is 3.06. The smallest absolute Gasteiger partial charge is 0.343 e. The van der Waals surface area contributed by atoms with Crippen molar-refractivity contribution in [1.29, 1.82) is 0 Å². The van der Waals surface area contributed by atoms with Crippen LogP contribution in [0.3, 0.4) is 0 Å². The van der Waals surface area contributed by atoms with Gasteiger partial charge in [0.15, 0.2) is 5.82 Å². The topological polar surface area (TPSA) is 73.2 Å². The van der Waals surface area contributed by atoms with Crippen molar-refractivity contribution >= 4 is 17.7 Å². The van der Waals surface area contributed by atoms with Crippen molar-refractivity contribution in [3.05, 3.63) is 77.5 Å². The number of rotatable bonds is 5. The van der Waals surface area contributed by atoms with Crippen molar-refractivity contribution in [3.63, 3.8) is 0 Å². The van der Waals surface area contributed by atoms with E-state index in [0.29, 0.717) is 5.56 Å². The van der Waals surface area contributed by atoms with E-state index in [4.69, 9.17) is 4.74 Å². The molecule has 0 aliphatic rings. The van der Waals surface area contributed by atoms with E-state index < -0.39 is 5.97 Å². The zero-order chi connectivity index (χ0) is 18.5. The zero-order valence-electron chi connectivity index (χ0n) is 14.6. The first kappa shape index (κ1) is 17.4. The fraction of sp³-hybridized carbons (Fsp3) is 0.150. The van der Waals surface area contributed by atoms with Gasteiger partial charge in [0.05, 0.1) is 18.5 Å². The molecule has 6 nitrogen and oxygen atoms in total. The molecule has 0 unspecified atom stereocenters. The summed E-state index contributed by atoms with van der Waals surface area (Å²) in [7, 11) is 0. The molecule has 1 heterocycles. The summed E-state index contributed by atoms with van der Waals surface area (Å²) in [5.41, 5.74) is 2.40. The van der Waals surface area contributed by atoms with Crippen molar-refractivity contribution in [3.8, 4) is 5.69 Å². The minimum atomic E-state index is -0.533. The van der Waals surface area contributed by atoms with Crippen LogP contribution < -0.4 is 5.32 Å². The SMILES string of the molecule is CCOC(=O)c1cnn(-c2ccccc2)c1NC(=O)c1cccc(C)c1. The largest absolute Gasteiger partial charge is 0.462 e. The van der Waals surface area contributed by atoms with Gasteiger partial charge in [-0.25, -0.2) is 9.48 Å². The number of anilines is 1. The highest BCUT2D eigenvalue weighted by atomic mass is 16.5. The summed E-state index contributed by atoms with van der Waals surface area (Å²) < 4.78 is 6.59. The molecule has 0 radical (unpaired) electrons. The number of benzene rings is 2. The van der Waals surface area contributed by atoms with Crippen LogP contribution >= 0.6 is 0 Å². The fourth-order valence-corrected chi connectivity index (χ4v) is 2.56. The van der Waals surface area contributed by atoms with E-state index in [1.807, 2.05) is 49.4 Å². The van der Waals surface area contributed by atoms with Crippen LogP contribution in [0.5, 0.6) is 0 Å². The molecule has 1 amide bonds. The molecule has 0 aliphatic carbocycles. The highest BCUT2D eigenvalue weighted by Gasteiger charge is 2.22. The molecule has 132 valence electrons. The molecule has 0 bridgehead atoms. The second kappa shape index (κ2) is 7.65. The second-order valence-corrected chi connectivity index (χ2v) is 5.70. The molecule has 0 saturated heterocycles. The molecular formula is C20H19N3O3. The second-order valence-electron chi connectivity index (χ2n) is 5.70. The van der Waals surface area contributed by atoms with Gasteiger partial charge in [-0.3, -0.25) is 4.79 Å². The molecule has 6 heteroatoms. The molecule has 0 fully saturated rings. The summed E-state index contributed by atoms with van der Waals surface area (Å²) in [6, 6.07) is 16.5. The predicted octanol–water partition coefficient (Wildman–Crippen LogP) is 3.61. The Kier molecular flexibility index (Phi) is 5.12. The molecular weight excluding hydrogens is 330 g/mol. The van der Waals surface area contributed by atoms with Gasteiger partial charge in [0.1, 0.15) is 5.56 Å². The Morgan fingerprint density at radius 1 is 1.12 bits per heavy atom. The summed E-state index contributed by atoms with van der Waals surface area (Å²) >= 11 is 0. The van der Waals surface area contributed by atoms with E-state index in [2.05, 4.69) is 10.4 Å². The van der Waals surface area contributed by atoms with Gasteiger partial charge >= 0.3 is 5.97 Å². The molecule has 0 spiro atoms. The van der Waals surface area contributed by atoms with E-state index in [1.54, 1.807) is 19.1 Å². The van der Waals surface area contributed by atoms with Crippen molar-refractivity contribution in [1.82, 2.24) is 9.78 Å². The van der Waals surface area contributed by atoms with Crippen LogP contribution in [0.25, 0.3) is 5.69 Å². The van der Waals surface area contributed by atoms with E-state index in [9.17, 15) is 9.59 Å². The predicted molar refractivity (Wildman–Crippen MR) is 98.7 cm³/mol. The first-order valence-corrected chi connectivity index (χ1v) is 8.28. The number of amides is 1. The van der Waals surface area contributed by atoms with Gasteiger partial charge in [-0.15, -0.1) is 0 Å². The number of carbonyl (C=O) groups excluding carboxylic acids is 2. The lowest BCUT2D eigenvalue weighted by Crippen LogP contribution is -2.18. The summed E-state index contributed by atoms with van der Waals surface area (Å²) in [5.74, 6) is -0.577. The molecule has 1 aromatic heterocycles. The number of esters is 1. The Morgan fingerprint density at radius 2 is 1.88 bits per heavy atom. The van der Waals surface area contributed by atoms with Crippen LogP contribution in [0.15, 0.2) is 60.8 Å². The first-order valence-electron chi connectivity index (χ1n) is 8.28. The quantitative estimate of drug-likeness (QED) is 0.714. The van der Waals surface area contributed by atoms with Crippen LogP contribution in [-0.2, 0) is 4.74 Å². The van der Waals surface area contributed by atoms with Gasteiger partial charge in [0.2, 0.25) is 0 Å². The Bertz CT molecular complexity index is 932. The summed E-state index contributed by atoms with van der Waals surface area (Å²) in [6.45, 7) is 3.88. The van der Waals surface area contributed by atoms with E-state index in [0.717, 1.165) is 11.3 Å². The van der Waals surface area contributed by atoms with Crippen LogP contribution in [0.4, 0.5) is 5.82 Å². The van der Waals surface area contributed by atoms with Crippen molar-refractivity contribution in [2.45, 2.75) is 13.8 Å². The maximum atomic E-state index is 12.7. The Balaban J connectivity index is 2.01. The van der Waals surface area contributed by atoms with E-state index >= 15 is 0 Å². The molecule has 3 aromatic rings. The van der Waals surface area contributed by atoms with E-state index in [-0.39, 0.29) is 23.9 Å². The minimum absolute atomic E-state index is 0.205. The number of carbonyl (C=O) groups is 2. The lowest BCUT2D eigenvalue weighted by atomic mass is 10.1. The third-order valence-electron chi connectivity index (χ3n) is 3.78. The van der Waals surface area contributed by atoms with Gasteiger partial charge in [-0.05, 0) is 38.1 Å². The minimum Gasteiger partial charge on any atom is -0.462 e. The Labute approximate surface area is 151 Å². The average molecular weight is 349 g/mol. The monoisotopic (exact) mass is 349 g/mol. The van der Waals surface area contributed by atoms with Gasteiger partial charge in [-0.2, -0.15) is 5.10 Å². The number of para-hydroxylation sites is 1. The third kappa shape index (κ3) is 3.64. The van der Waals surface area contributed by atoms with Gasteiger partial charge < -0.3 is 10.1 Å². The number of hydrogen-bond acceptors (Lipinski definition) is 4. The summed E-state index contributed by atoms with van der Waals surface area (Å²) in [6.07, 6.45) is 1.40. The third-order valence-corrected chi connectivity index (χ3v) is 3.78. The zero-order valence-corrected chi connectivity index (χ0v) is 14.6. The molecule has 3 rings (SSSR count). The molecule has 2 aromatic carbocycles. The number of nitrogens with zero attached hydrogens (tertiary/aromatic N) is 2. The molecule has 26 heavy (non-hydrogen) atoms. The van der Waals surface area contributed by atoms with Crippen LogP contribution in [-0.4, -0.2) is 28.3 Å². The number of aromatic nitrogens is 2. The molecule has 1 N–H and O–H groups in total. The van der Waals surface area contributed by atoms with Gasteiger partial charge in [0.25, 0.3) is 5.91 Å². The Hall–Kier alpha value is -3.41. The summed E-state index contributed by atoms with van der Waals surface area (Å²) in [4.78, 5) is 24.9. The van der Waals surface area contributed by atoms with Crippen molar-refractivity contribution in [2.24, 2.45) is 0 Å². The van der Waals surface area contributed by atoms with Crippen LogP contribution in [0, 0.1) is 6.92 Å². The highest BCUT2D eigenvalue weighted by molar-refractivity contribution is 6.07. The summed E-state index contributed by atoms with van der Waals surface area (Å²) in [5, 5.41) is 7.06. The number of nitrogens with one attached hydrogen (secondary N) is 1. The van der Waals surface area contributed by atoms with Gasteiger partial charge in [0, 0.05) is 5.56 Å². The Morgan fingerprint density at radius 3 is 2.58 bits per heavy atom. The van der Waals surface area contributed by atoms with Gasteiger partial charge in [-0.1, -0.05) is 35.9 Å². The number of hydrogen-bond donors (Lipinski definition) is 1. The van der Waals surface area contributed by atoms with Crippen molar-refractivity contribution < 1.29 is 14.3 Å². The standard InChI is InChI=1S/C20H19N3O3/c1-3-26-20(25)17-13-21-23(16-10-5-4-6-11-16)18(17)22-19(24)15-9-7-8-14(2)12-15/h4-13H,3H2,1-2H3,(H,22,24). The number of ether oxygens (including phenoxy) is 1. The van der Waals surface area contributed by atoms with Crippen LogP contribution in [0.2, 0.25) is 0 Å². The maximum absolute atomic E-state index is 12.7. The maximum Gasteiger partial charge on any atom is 0.343 e. The number of aryl methyl sites for hydroxylation is 1. The lowest BCUT2D eigenvalue weighted by Gasteiger charge is -2.11. The van der Waals surface area contributed by atoms with Crippen molar-refractivity contribution in [2.75, 3.05) is 11.9 Å². The molecule has 0 aliphatic heterocycles. The first-order chi connectivity index (χ1) is 12.6. The lowest BCUT2D eigenvalue weighted by molar-refractivity contribution is 0.0527. The molecule has 0 atom stereocenters. The fourth-order valence-electron chi connectivity index (χ4n) is 2.56. The van der Waals surface area contributed by atoms with E-state index in [1.165, 1.54) is 10.9 Å². The molecule has 0 saturated carbocycles. The highest BCUT2D eigenvalue weighted by Crippen LogP contribution is 2.22.